The van der Waals surface area contributed by atoms with Gasteiger partial charge in [-0.2, -0.15) is 0 Å². The lowest BCUT2D eigenvalue weighted by atomic mass is 10.3. The van der Waals surface area contributed by atoms with Crippen LogP contribution in [0.3, 0.4) is 0 Å². The van der Waals surface area contributed by atoms with Gasteiger partial charge in [0.2, 0.25) is 0 Å². The molecule has 0 saturated carbocycles. The van der Waals surface area contributed by atoms with Crippen LogP contribution in [-0.4, -0.2) is 26.6 Å². The van der Waals surface area contributed by atoms with Gasteiger partial charge in [0.15, 0.2) is 6.29 Å². The molecule has 1 unspecified atom stereocenters. The van der Waals surface area contributed by atoms with Crippen LogP contribution in [0.4, 0.5) is 0 Å². The summed E-state index contributed by atoms with van der Waals surface area (Å²) in [6.07, 6.45) is 1.32. The third kappa shape index (κ3) is 8.04. The van der Waals surface area contributed by atoms with E-state index in [1.807, 2.05) is 0 Å². The Morgan fingerprint density at radius 1 is 1.36 bits per heavy atom. The van der Waals surface area contributed by atoms with E-state index in [1.54, 1.807) is 7.11 Å². The van der Waals surface area contributed by atoms with Gasteiger partial charge < -0.3 is 9.84 Å². The summed E-state index contributed by atoms with van der Waals surface area (Å²) in [6.45, 7) is 7.02. The largest absolute Gasteiger partial charge is 0.368 e. The summed E-state index contributed by atoms with van der Waals surface area (Å²) in [7, 11) is 0.637. The molecule has 0 aromatic rings. The first-order chi connectivity index (χ1) is 4.95. The lowest BCUT2D eigenvalue weighted by molar-refractivity contribution is -0.0783. The van der Waals surface area contributed by atoms with Gasteiger partial charge in [0, 0.05) is 15.2 Å². The predicted molar refractivity (Wildman–Crippen MR) is 50.4 cm³/mol. The van der Waals surface area contributed by atoms with E-state index in [2.05, 4.69) is 19.6 Å². The third-order valence-corrected chi connectivity index (χ3v) is 3.50. The molecule has 0 spiro atoms. The molecule has 0 radical (unpaired) electrons. The zero-order valence-electron chi connectivity index (χ0n) is 8.05. The molecule has 3 heteroatoms. The van der Waals surface area contributed by atoms with Gasteiger partial charge >= 0.3 is 0 Å². The Labute approximate surface area is 70.6 Å². The Bertz CT molecular complexity index is 98.8. The second-order valence-electron chi connectivity index (χ2n) is 4.14. The van der Waals surface area contributed by atoms with Gasteiger partial charge in [-0.3, -0.25) is 0 Å². The summed E-state index contributed by atoms with van der Waals surface area (Å²) in [5, 5.41) is 9.05. The molecule has 0 aliphatic heterocycles. The zero-order valence-corrected chi connectivity index (χ0v) is 9.05. The van der Waals surface area contributed by atoms with Crippen molar-refractivity contribution in [3.8, 4) is 0 Å². The number of aliphatic hydroxyl groups excluding tert-OH is 1. The van der Waals surface area contributed by atoms with E-state index in [4.69, 9.17) is 9.84 Å². The van der Waals surface area contributed by atoms with Crippen LogP contribution in [0.25, 0.3) is 0 Å². The zero-order chi connectivity index (χ0) is 8.91. The van der Waals surface area contributed by atoms with Gasteiger partial charge in [-0.15, -0.1) is 0 Å². The van der Waals surface area contributed by atoms with E-state index in [-0.39, 0.29) is 0 Å². The summed E-state index contributed by atoms with van der Waals surface area (Å²) in [5.74, 6) is 0. The minimum Gasteiger partial charge on any atom is -0.368 e. The van der Waals surface area contributed by atoms with Crippen LogP contribution in [0.2, 0.25) is 25.7 Å². The number of methoxy groups -OCH3 is 1. The molecule has 0 aromatic carbocycles. The molecule has 1 N–H and O–H groups in total. The van der Waals surface area contributed by atoms with E-state index in [0.29, 0.717) is 0 Å². The molecule has 0 rings (SSSR count). The maximum atomic E-state index is 9.05. The molecule has 0 bridgehead atoms. The quantitative estimate of drug-likeness (QED) is 0.513. The SMILES string of the molecule is COC(O)CCC[Si](C)(C)C. The van der Waals surface area contributed by atoms with Crippen molar-refractivity contribution in [2.75, 3.05) is 7.11 Å². The molecular formula is C8H20O2Si. The molecule has 0 saturated heterocycles. The predicted octanol–water partition coefficient (Wildman–Crippen LogP) is 2.07. The molecular weight excluding hydrogens is 156 g/mol. The van der Waals surface area contributed by atoms with Crippen molar-refractivity contribution in [1.82, 2.24) is 0 Å². The lowest BCUT2D eigenvalue weighted by Gasteiger charge is -2.16. The standard InChI is InChI=1S/C8H20O2Si/c1-10-8(9)6-5-7-11(2,3)4/h8-9H,5-7H2,1-4H3. The molecule has 0 heterocycles. The van der Waals surface area contributed by atoms with Crippen LogP contribution in [0.15, 0.2) is 0 Å². The van der Waals surface area contributed by atoms with Crippen LogP contribution < -0.4 is 0 Å². The maximum Gasteiger partial charge on any atom is 0.154 e. The van der Waals surface area contributed by atoms with Crippen molar-refractivity contribution < 1.29 is 9.84 Å². The van der Waals surface area contributed by atoms with Crippen molar-refractivity contribution in [1.29, 1.82) is 0 Å². The van der Waals surface area contributed by atoms with E-state index in [9.17, 15) is 0 Å². The van der Waals surface area contributed by atoms with Crippen molar-refractivity contribution >= 4 is 8.07 Å². The second kappa shape index (κ2) is 4.90. The van der Waals surface area contributed by atoms with Crippen LogP contribution in [0, 0.1) is 0 Å². The summed E-state index contributed by atoms with van der Waals surface area (Å²) < 4.78 is 4.74. The maximum absolute atomic E-state index is 9.05. The van der Waals surface area contributed by atoms with E-state index >= 15 is 0 Å². The van der Waals surface area contributed by atoms with Crippen LogP contribution in [0.1, 0.15) is 12.8 Å². The van der Waals surface area contributed by atoms with Gasteiger partial charge in [0.05, 0.1) is 0 Å². The first kappa shape index (κ1) is 11.1. The van der Waals surface area contributed by atoms with Crippen molar-refractivity contribution in [3.63, 3.8) is 0 Å². The molecule has 0 aliphatic rings. The highest BCUT2D eigenvalue weighted by Crippen LogP contribution is 2.13. The van der Waals surface area contributed by atoms with Crippen LogP contribution >= 0.6 is 0 Å². The number of hydrogen-bond acceptors (Lipinski definition) is 2. The molecule has 2 nitrogen and oxygen atoms in total. The summed E-state index contributed by atoms with van der Waals surface area (Å²) in [5.41, 5.74) is 0. The average Bonchev–Trinajstić information content (AvgIpc) is 1.85. The molecule has 68 valence electrons. The number of rotatable bonds is 5. The molecule has 11 heavy (non-hydrogen) atoms. The fraction of sp³-hybridized carbons (Fsp3) is 1.00. The summed E-state index contributed by atoms with van der Waals surface area (Å²) in [4.78, 5) is 0. The van der Waals surface area contributed by atoms with Crippen molar-refractivity contribution in [2.45, 2.75) is 44.8 Å². The van der Waals surface area contributed by atoms with Crippen molar-refractivity contribution in [3.05, 3.63) is 0 Å². The molecule has 1 atom stereocenters. The van der Waals surface area contributed by atoms with E-state index in [0.717, 1.165) is 12.8 Å². The van der Waals surface area contributed by atoms with Crippen LogP contribution in [-0.2, 0) is 4.74 Å². The van der Waals surface area contributed by atoms with Gasteiger partial charge in [-0.1, -0.05) is 32.1 Å². The second-order valence-corrected chi connectivity index (χ2v) is 9.76. The average molecular weight is 176 g/mol. The fourth-order valence-corrected chi connectivity index (χ4v) is 2.19. The molecule has 0 amide bonds. The van der Waals surface area contributed by atoms with E-state index < -0.39 is 14.4 Å². The summed E-state index contributed by atoms with van der Waals surface area (Å²) >= 11 is 0. The van der Waals surface area contributed by atoms with Gasteiger partial charge in [0.25, 0.3) is 0 Å². The Hall–Kier alpha value is 0.137. The monoisotopic (exact) mass is 176 g/mol. The Balaban J connectivity index is 3.28. The first-order valence-electron chi connectivity index (χ1n) is 4.16. The topological polar surface area (TPSA) is 29.5 Å². The highest BCUT2D eigenvalue weighted by atomic mass is 28.3. The van der Waals surface area contributed by atoms with E-state index in [1.165, 1.54) is 6.04 Å². The number of ether oxygens (including phenoxy) is 1. The Morgan fingerprint density at radius 2 is 1.91 bits per heavy atom. The minimum absolute atomic E-state index is 0.550. The summed E-state index contributed by atoms with van der Waals surface area (Å²) in [6, 6.07) is 1.27. The molecule has 0 aromatic heterocycles. The molecule has 0 fully saturated rings. The smallest absolute Gasteiger partial charge is 0.154 e. The fourth-order valence-electron chi connectivity index (χ4n) is 0.925. The number of hydrogen-bond donors (Lipinski definition) is 1. The number of aliphatic hydroxyl groups is 1. The highest BCUT2D eigenvalue weighted by molar-refractivity contribution is 6.76. The first-order valence-corrected chi connectivity index (χ1v) is 7.87. The van der Waals surface area contributed by atoms with Gasteiger partial charge in [-0.05, 0) is 6.42 Å². The third-order valence-electron chi connectivity index (χ3n) is 1.65. The highest BCUT2D eigenvalue weighted by Gasteiger charge is 2.12. The molecule has 0 aliphatic carbocycles. The Morgan fingerprint density at radius 3 is 2.27 bits per heavy atom. The minimum atomic E-state index is -0.903. The van der Waals surface area contributed by atoms with Gasteiger partial charge in [-0.25, -0.2) is 0 Å². The van der Waals surface area contributed by atoms with Gasteiger partial charge in [0.1, 0.15) is 0 Å². The van der Waals surface area contributed by atoms with Crippen LogP contribution in [0.5, 0.6) is 0 Å². The normalized spacial score (nSPS) is 15.0. The Kier molecular flexibility index (Phi) is 4.96. The van der Waals surface area contributed by atoms with Crippen molar-refractivity contribution in [2.24, 2.45) is 0 Å². The lowest BCUT2D eigenvalue weighted by Crippen LogP contribution is -2.20.